The summed E-state index contributed by atoms with van der Waals surface area (Å²) in [6.45, 7) is 0.0504. The van der Waals surface area contributed by atoms with Gasteiger partial charge in [0.15, 0.2) is 0 Å². The molecule has 1 unspecified atom stereocenters. The molecule has 1 aliphatic heterocycles. The topological polar surface area (TPSA) is 89.3 Å². The molecule has 1 saturated heterocycles. The molecule has 1 fully saturated rings. The van der Waals surface area contributed by atoms with E-state index < -0.39 is 29.5 Å². The Morgan fingerprint density at radius 2 is 1.90 bits per heavy atom. The molecule has 0 saturated carbocycles. The minimum absolute atomic E-state index is 0.0451. The van der Waals surface area contributed by atoms with Gasteiger partial charge in [-0.05, 0) is 24.3 Å². The van der Waals surface area contributed by atoms with Crippen LogP contribution in [0.1, 0.15) is 11.5 Å². The number of halogens is 3. The maximum Gasteiger partial charge on any atom is 0.316 e. The lowest BCUT2D eigenvalue weighted by Crippen LogP contribution is -2.33. The monoisotopic (exact) mass is 420 g/mol. The first kappa shape index (κ1) is 19.1. The van der Waals surface area contributed by atoms with E-state index in [4.69, 9.17) is 20.8 Å². The number of ether oxygens (including phenoxy) is 1. The summed E-state index contributed by atoms with van der Waals surface area (Å²) in [6, 6.07) is 7.85. The molecule has 7 nitrogen and oxygen atoms in total. The molecule has 0 aliphatic carbocycles. The summed E-state index contributed by atoms with van der Waals surface area (Å²) in [7, 11) is 1.31. The van der Waals surface area contributed by atoms with E-state index in [0.29, 0.717) is 10.6 Å². The van der Waals surface area contributed by atoms with Crippen LogP contribution in [0, 0.1) is 11.6 Å². The molecule has 0 spiro atoms. The van der Waals surface area contributed by atoms with Crippen LogP contribution in [0.5, 0.6) is 5.75 Å². The second-order valence-corrected chi connectivity index (χ2v) is 6.83. The Kier molecular flexibility index (Phi) is 5.06. The summed E-state index contributed by atoms with van der Waals surface area (Å²) in [5, 5.41) is 13.7. The number of aromatic nitrogens is 2. The number of methoxy groups -OCH3 is 1. The highest BCUT2D eigenvalue weighted by Crippen LogP contribution is 2.33. The van der Waals surface area contributed by atoms with Gasteiger partial charge in [-0.3, -0.25) is 4.79 Å². The standard InChI is InChI=1S/C19H15ClF2N4O3/c1-28-11-6-13(21)15(14(22)7-11)12-8-23-17(27)16(12)24-19-26-25-18(29-19)9-2-4-10(20)5-3-9/h2-7,12,16H,8H2,1H3,(H,23,27)(H,24,26)/t12?,16-/m1/s1. The van der Waals surface area contributed by atoms with Gasteiger partial charge in [0, 0.05) is 40.7 Å². The van der Waals surface area contributed by atoms with Gasteiger partial charge in [0.1, 0.15) is 23.4 Å². The molecule has 1 amide bonds. The van der Waals surface area contributed by atoms with Gasteiger partial charge in [-0.2, -0.15) is 0 Å². The highest BCUT2D eigenvalue weighted by Gasteiger charge is 2.40. The fourth-order valence-electron chi connectivity index (χ4n) is 3.21. The van der Waals surface area contributed by atoms with Gasteiger partial charge in [-0.15, -0.1) is 5.10 Å². The van der Waals surface area contributed by atoms with E-state index in [9.17, 15) is 13.6 Å². The van der Waals surface area contributed by atoms with Gasteiger partial charge in [0.25, 0.3) is 0 Å². The molecule has 10 heteroatoms. The van der Waals surface area contributed by atoms with E-state index in [1.54, 1.807) is 24.3 Å². The third kappa shape index (κ3) is 3.73. The number of nitrogens with zero attached hydrogens (tertiary/aromatic N) is 2. The zero-order valence-electron chi connectivity index (χ0n) is 15.1. The van der Waals surface area contributed by atoms with Crippen molar-refractivity contribution in [2.75, 3.05) is 19.0 Å². The van der Waals surface area contributed by atoms with Crippen molar-refractivity contribution in [3.8, 4) is 17.2 Å². The zero-order valence-corrected chi connectivity index (χ0v) is 15.8. The lowest BCUT2D eigenvalue weighted by atomic mass is 9.93. The van der Waals surface area contributed by atoms with Crippen LogP contribution >= 0.6 is 11.6 Å². The molecule has 1 aromatic heterocycles. The van der Waals surface area contributed by atoms with Crippen LogP contribution in [0.25, 0.3) is 11.5 Å². The number of carbonyl (C=O) groups excluding carboxylic acids is 1. The van der Waals surface area contributed by atoms with Gasteiger partial charge < -0.3 is 19.8 Å². The minimum atomic E-state index is -0.995. The molecule has 3 aromatic rings. The smallest absolute Gasteiger partial charge is 0.316 e. The van der Waals surface area contributed by atoms with Crippen molar-refractivity contribution in [3.05, 3.63) is 58.6 Å². The molecule has 2 N–H and O–H groups in total. The Labute approximate surface area is 169 Å². The molecule has 0 radical (unpaired) electrons. The average Bonchev–Trinajstić information content (AvgIpc) is 3.30. The van der Waals surface area contributed by atoms with Crippen LogP contribution in [0.4, 0.5) is 14.8 Å². The van der Waals surface area contributed by atoms with Crippen LogP contribution < -0.4 is 15.4 Å². The summed E-state index contributed by atoms with van der Waals surface area (Å²) in [5.74, 6) is -2.60. The molecule has 2 heterocycles. The van der Waals surface area contributed by atoms with E-state index in [-0.39, 0.29) is 29.8 Å². The molecule has 29 heavy (non-hydrogen) atoms. The lowest BCUT2D eigenvalue weighted by Gasteiger charge is -2.19. The van der Waals surface area contributed by atoms with Crippen molar-refractivity contribution in [2.45, 2.75) is 12.0 Å². The number of hydrogen-bond acceptors (Lipinski definition) is 6. The number of hydrogen-bond donors (Lipinski definition) is 2. The Bertz CT molecular complexity index is 1030. The quantitative estimate of drug-likeness (QED) is 0.658. The van der Waals surface area contributed by atoms with E-state index in [2.05, 4.69) is 20.8 Å². The number of rotatable bonds is 5. The van der Waals surface area contributed by atoms with Gasteiger partial charge in [0.2, 0.25) is 11.8 Å². The van der Waals surface area contributed by atoms with Crippen molar-refractivity contribution in [2.24, 2.45) is 0 Å². The van der Waals surface area contributed by atoms with Crippen molar-refractivity contribution in [3.63, 3.8) is 0 Å². The number of amides is 1. The summed E-state index contributed by atoms with van der Waals surface area (Å²) < 4.78 is 39.4. The first-order valence-corrected chi connectivity index (χ1v) is 9.00. The van der Waals surface area contributed by atoms with Crippen molar-refractivity contribution in [1.82, 2.24) is 15.5 Å². The molecule has 4 rings (SSSR count). The summed E-state index contributed by atoms with van der Waals surface area (Å²) in [5.41, 5.74) is 0.411. The van der Waals surface area contributed by atoms with Crippen molar-refractivity contribution < 1.29 is 22.7 Å². The first-order chi connectivity index (χ1) is 14.0. The van der Waals surface area contributed by atoms with Crippen LogP contribution in [0.3, 0.4) is 0 Å². The third-order valence-electron chi connectivity index (χ3n) is 4.64. The van der Waals surface area contributed by atoms with Crippen molar-refractivity contribution in [1.29, 1.82) is 0 Å². The fourth-order valence-corrected chi connectivity index (χ4v) is 3.34. The SMILES string of the molecule is COc1cc(F)c(C2CNC(=O)[C@@H]2Nc2nnc(-c3ccc(Cl)cc3)o2)c(F)c1. The van der Waals surface area contributed by atoms with Crippen LogP contribution in [0.15, 0.2) is 40.8 Å². The summed E-state index contributed by atoms with van der Waals surface area (Å²) in [4.78, 5) is 12.3. The second kappa shape index (κ2) is 7.67. The van der Waals surface area contributed by atoms with Gasteiger partial charge in [-0.1, -0.05) is 16.7 Å². The third-order valence-corrected chi connectivity index (χ3v) is 4.89. The van der Waals surface area contributed by atoms with Gasteiger partial charge in [-0.25, -0.2) is 8.78 Å². The van der Waals surface area contributed by atoms with Crippen LogP contribution in [0.2, 0.25) is 5.02 Å². The number of anilines is 1. The molecule has 2 atom stereocenters. The first-order valence-electron chi connectivity index (χ1n) is 8.63. The molecule has 150 valence electrons. The zero-order chi connectivity index (χ0) is 20.5. The highest BCUT2D eigenvalue weighted by atomic mass is 35.5. The van der Waals surface area contributed by atoms with E-state index >= 15 is 0 Å². The Balaban J connectivity index is 1.59. The maximum atomic E-state index is 14.5. The predicted molar refractivity (Wildman–Crippen MR) is 101 cm³/mol. The minimum Gasteiger partial charge on any atom is -0.497 e. The van der Waals surface area contributed by atoms with E-state index in [0.717, 1.165) is 12.1 Å². The average molecular weight is 421 g/mol. The Hall–Kier alpha value is -3.20. The van der Waals surface area contributed by atoms with Crippen molar-refractivity contribution >= 4 is 23.5 Å². The highest BCUT2D eigenvalue weighted by molar-refractivity contribution is 6.30. The van der Waals surface area contributed by atoms with Crippen LogP contribution in [-0.2, 0) is 4.79 Å². The predicted octanol–water partition coefficient (Wildman–Crippen LogP) is 3.37. The molecule has 2 aromatic carbocycles. The molecule has 1 aliphatic rings. The van der Waals surface area contributed by atoms with Crippen LogP contribution in [-0.4, -0.2) is 35.8 Å². The lowest BCUT2D eigenvalue weighted by molar-refractivity contribution is -0.119. The molecular weight excluding hydrogens is 406 g/mol. The van der Waals surface area contributed by atoms with E-state index in [1.165, 1.54) is 7.11 Å². The normalized spacial score (nSPS) is 18.6. The summed E-state index contributed by atoms with van der Waals surface area (Å²) >= 11 is 5.86. The molecule has 0 bridgehead atoms. The molecular formula is C19H15ClF2N4O3. The Morgan fingerprint density at radius 3 is 2.55 bits per heavy atom. The van der Waals surface area contributed by atoms with Gasteiger partial charge in [0.05, 0.1) is 7.11 Å². The number of nitrogens with one attached hydrogen (secondary N) is 2. The number of benzene rings is 2. The second-order valence-electron chi connectivity index (χ2n) is 6.40. The Morgan fingerprint density at radius 1 is 1.21 bits per heavy atom. The largest absolute Gasteiger partial charge is 0.497 e. The summed E-state index contributed by atoms with van der Waals surface area (Å²) in [6.07, 6.45) is 0. The van der Waals surface area contributed by atoms with E-state index in [1.807, 2.05) is 0 Å². The van der Waals surface area contributed by atoms with Gasteiger partial charge >= 0.3 is 6.01 Å². The number of carbonyl (C=O) groups is 1. The fraction of sp³-hybridized carbons (Fsp3) is 0.211. The maximum absolute atomic E-state index is 14.5.